The molecule has 0 atom stereocenters. The van der Waals surface area contributed by atoms with Gasteiger partial charge in [-0.2, -0.15) is 0 Å². The van der Waals surface area contributed by atoms with Gasteiger partial charge in [-0.25, -0.2) is 0 Å². The first-order valence-electron chi connectivity index (χ1n) is 17.8. The summed E-state index contributed by atoms with van der Waals surface area (Å²) in [7, 11) is 0. The van der Waals surface area contributed by atoms with Crippen molar-refractivity contribution in [2.45, 2.75) is 40.9 Å². The second-order valence-corrected chi connectivity index (χ2v) is 13.4. The summed E-state index contributed by atoms with van der Waals surface area (Å²) in [5, 5.41) is 0. The minimum atomic E-state index is 0.448. The van der Waals surface area contributed by atoms with Gasteiger partial charge in [0.1, 0.15) is 24.7 Å². The Balaban J connectivity index is 1.05. The van der Waals surface area contributed by atoms with Crippen molar-refractivity contribution in [3.05, 3.63) is 203 Å². The molecule has 0 aliphatic heterocycles. The topological polar surface area (TPSA) is 24.9 Å². The largest absolute Gasteiger partial charge is 0.489 e. The quantitative estimate of drug-likeness (QED) is 0.128. The van der Waals surface area contributed by atoms with Crippen LogP contribution in [0.15, 0.2) is 170 Å². The Kier molecular flexibility index (Phi) is 10.4. The summed E-state index contributed by atoms with van der Waals surface area (Å²) in [6.07, 6.45) is 0. The number of hydrogen-bond acceptors (Lipinski definition) is 4. The van der Waals surface area contributed by atoms with Crippen LogP contribution in [0.2, 0.25) is 0 Å². The van der Waals surface area contributed by atoms with Gasteiger partial charge in [0.05, 0.1) is 0 Å². The molecule has 7 aromatic carbocycles. The fourth-order valence-electron chi connectivity index (χ4n) is 6.24. The van der Waals surface area contributed by atoms with Gasteiger partial charge in [0.2, 0.25) is 0 Å². The van der Waals surface area contributed by atoms with Crippen LogP contribution in [0.5, 0.6) is 11.5 Å². The monoisotopic (exact) mass is 680 g/mol. The molecule has 0 saturated carbocycles. The third-order valence-electron chi connectivity index (χ3n) is 9.12. The molecule has 0 spiro atoms. The summed E-state index contributed by atoms with van der Waals surface area (Å²) < 4.78 is 12.8. The maximum Gasteiger partial charge on any atom is 0.121 e. The Hall–Kier alpha value is -6.26. The molecular formula is C48H44N2O2. The average Bonchev–Trinajstić information content (AvgIpc) is 3.17. The first-order chi connectivity index (χ1) is 25.4. The second-order valence-electron chi connectivity index (χ2n) is 13.4. The lowest BCUT2D eigenvalue weighted by molar-refractivity contribution is 0.300. The number of benzene rings is 7. The van der Waals surface area contributed by atoms with E-state index < -0.39 is 0 Å². The molecule has 258 valence electrons. The molecule has 4 heteroatoms. The van der Waals surface area contributed by atoms with Crippen molar-refractivity contribution < 1.29 is 9.47 Å². The molecule has 7 aromatic rings. The van der Waals surface area contributed by atoms with Crippen molar-refractivity contribution in [2.75, 3.05) is 9.80 Å². The van der Waals surface area contributed by atoms with Gasteiger partial charge in [-0.05, 0) is 118 Å². The fraction of sp³-hybridized carbons (Fsp3) is 0.125. The number of aryl methyl sites for hydroxylation is 4. The molecule has 0 bridgehead atoms. The van der Waals surface area contributed by atoms with Crippen molar-refractivity contribution in [1.82, 2.24) is 0 Å². The predicted octanol–water partition coefficient (Wildman–Crippen LogP) is 13.0. The molecule has 0 heterocycles. The van der Waals surface area contributed by atoms with E-state index >= 15 is 0 Å². The van der Waals surface area contributed by atoms with E-state index in [1.807, 2.05) is 12.1 Å². The summed E-state index contributed by atoms with van der Waals surface area (Å²) in [6.45, 7) is 9.34. The van der Waals surface area contributed by atoms with Crippen LogP contribution in [0.1, 0.15) is 33.4 Å². The van der Waals surface area contributed by atoms with Gasteiger partial charge in [0, 0.05) is 46.3 Å². The smallest absolute Gasteiger partial charge is 0.121 e. The standard InChI is InChI=1S/C48H44N2O2/c1-35-14-22-41(23-15-35)49(42-24-16-36(2)17-25-42)45-10-6-12-47(31-45)51-33-39-8-5-9-40(30-39)34-52-48-13-7-11-46(32-48)50(43-26-18-37(3)19-27-43)44-28-20-38(4)21-29-44/h5-32H,33-34H2,1-4H3. The molecule has 7 rings (SSSR count). The number of hydrogen-bond donors (Lipinski definition) is 0. The summed E-state index contributed by atoms with van der Waals surface area (Å²) in [4.78, 5) is 4.53. The molecule has 0 N–H and O–H groups in total. The summed E-state index contributed by atoms with van der Waals surface area (Å²) >= 11 is 0. The lowest BCUT2D eigenvalue weighted by Crippen LogP contribution is -2.10. The van der Waals surface area contributed by atoms with Gasteiger partial charge < -0.3 is 19.3 Å². The lowest BCUT2D eigenvalue weighted by atomic mass is 10.1. The van der Waals surface area contributed by atoms with E-state index in [1.54, 1.807) is 0 Å². The molecule has 0 fully saturated rings. The minimum Gasteiger partial charge on any atom is -0.489 e. The molecule has 0 radical (unpaired) electrons. The van der Waals surface area contributed by atoms with E-state index in [4.69, 9.17) is 9.47 Å². The zero-order valence-electron chi connectivity index (χ0n) is 30.3. The van der Waals surface area contributed by atoms with E-state index in [-0.39, 0.29) is 0 Å². The first-order valence-corrected chi connectivity index (χ1v) is 17.8. The van der Waals surface area contributed by atoms with E-state index in [0.29, 0.717) is 13.2 Å². The Labute approximate surface area is 308 Å². The molecule has 0 saturated heterocycles. The molecule has 0 unspecified atom stereocenters. The molecule has 0 aliphatic carbocycles. The SMILES string of the molecule is Cc1ccc(N(c2ccc(C)cc2)c2cccc(OCc3cccc(COc4cccc(N(c5ccc(C)cc5)c5ccc(C)cc5)c4)c3)c2)cc1. The molecular weight excluding hydrogens is 637 g/mol. The Bertz CT molecular complexity index is 1980. The van der Waals surface area contributed by atoms with Crippen molar-refractivity contribution >= 4 is 34.1 Å². The molecule has 4 nitrogen and oxygen atoms in total. The number of nitrogens with zero attached hydrogens (tertiary/aromatic N) is 2. The zero-order chi connectivity index (χ0) is 35.9. The van der Waals surface area contributed by atoms with Gasteiger partial charge in [0.25, 0.3) is 0 Å². The fourth-order valence-corrected chi connectivity index (χ4v) is 6.24. The van der Waals surface area contributed by atoms with Crippen molar-refractivity contribution in [3.8, 4) is 11.5 Å². The van der Waals surface area contributed by atoms with E-state index in [0.717, 1.165) is 56.8 Å². The molecule has 52 heavy (non-hydrogen) atoms. The second kappa shape index (κ2) is 15.7. The van der Waals surface area contributed by atoms with E-state index in [9.17, 15) is 0 Å². The summed E-state index contributed by atoms with van der Waals surface area (Å²) in [5.41, 5.74) is 13.6. The first kappa shape index (κ1) is 34.2. The summed E-state index contributed by atoms with van der Waals surface area (Å²) in [5.74, 6) is 1.62. The number of anilines is 6. The highest BCUT2D eigenvalue weighted by molar-refractivity contribution is 5.78. The van der Waals surface area contributed by atoms with Crippen LogP contribution >= 0.6 is 0 Å². The molecule has 0 aliphatic rings. The van der Waals surface area contributed by atoms with E-state index in [1.165, 1.54) is 22.3 Å². The molecule has 0 amide bonds. The predicted molar refractivity (Wildman–Crippen MR) is 216 cm³/mol. The van der Waals surface area contributed by atoms with Gasteiger partial charge >= 0.3 is 0 Å². The third kappa shape index (κ3) is 8.36. The van der Waals surface area contributed by atoms with Gasteiger partial charge in [-0.15, -0.1) is 0 Å². The number of ether oxygens (including phenoxy) is 2. The minimum absolute atomic E-state index is 0.448. The number of rotatable bonds is 12. The van der Waals surface area contributed by atoms with Crippen LogP contribution in [-0.2, 0) is 13.2 Å². The van der Waals surface area contributed by atoms with Crippen molar-refractivity contribution in [2.24, 2.45) is 0 Å². The maximum absolute atomic E-state index is 6.38. The highest BCUT2D eigenvalue weighted by atomic mass is 16.5. The van der Waals surface area contributed by atoms with Crippen molar-refractivity contribution in [1.29, 1.82) is 0 Å². The Morgan fingerprint density at radius 2 is 0.635 bits per heavy atom. The highest BCUT2D eigenvalue weighted by Crippen LogP contribution is 2.38. The van der Waals surface area contributed by atoms with Gasteiger partial charge in [-0.3, -0.25) is 0 Å². The van der Waals surface area contributed by atoms with Crippen LogP contribution in [0, 0.1) is 27.7 Å². The Morgan fingerprint density at radius 3 is 0.962 bits per heavy atom. The molecule has 0 aromatic heterocycles. The van der Waals surface area contributed by atoms with Gasteiger partial charge in [-0.1, -0.05) is 101 Å². The van der Waals surface area contributed by atoms with Crippen LogP contribution in [0.4, 0.5) is 34.1 Å². The maximum atomic E-state index is 6.38. The Morgan fingerprint density at radius 1 is 0.327 bits per heavy atom. The average molecular weight is 681 g/mol. The van der Waals surface area contributed by atoms with Crippen molar-refractivity contribution in [3.63, 3.8) is 0 Å². The van der Waals surface area contributed by atoms with Crippen LogP contribution < -0.4 is 19.3 Å². The third-order valence-corrected chi connectivity index (χ3v) is 9.12. The van der Waals surface area contributed by atoms with E-state index in [2.05, 4.69) is 195 Å². The zero-order valence-corrected chi connectivity index (χ0v) is 30.3. The van der Waals surface area contributed by atoms with Crippen LogP contribution in [0.25, 0.3) is 0 Å². The summed E-state index contributed by atoms with van der Waals surface area (Å²) in [6, 6.07) is 59.5. The van der Waals surface area contributed by atoms with Crippen LogP contribution in [-0.4, -0.2) is 0 Å². The normalized spacial score (nSPS) is 10.8. The van der Waals surface area contributed by atoms with Crippen LogP contribution in [0.3, 0.4) is 0 Å². The highest BCUT2D eigenvalue weighted by Gasteiger charge is 2.15. The lowest BCUT2D eigenvalue weighted by Gasteiger charge is -2.26. The van der Waals surface area contributed by atoms with Gasteiger partial charge in [0.15, 0.2) is 0 Å².